The van der Waals surface area contributed by atoms with E-state index in [-0.39, 0.29) is 103 Å². The number of carbonyl (C=O) groups is 6. The highest BCUT2D eigenvalue weighted by atomic mass is 16.6. The van der Waals surface area contributed by atoms with Crippen LogP contribution in [0.4, 0.5) is 4.79 Å². The van der Waals surface area contributed by atoms with Gasteiger partial charge >= 0.3 is 35.9 Å². The summed E-state index contributed by atoms with van der Waals surface area (Å²) in [4.78, 5) is 81.9. The lowest BCUT2D eigenvalue weighted by atomic mass is 10.1. The van der Waals surface area contributed by atoms with Gasteiger partial charge in [-0.2, -0.15) is 0 Å². The summed E-state index contributed by atoms with van der Waals surface area (Å²) in [6.45, 7) is 10.1. The predicted octanol–water partition coefficient (Wildman–Crippen LogP) is 16.8. The molecule has 0 aromatic heterocycles. The molecule has 0 bridgehead atoms. The first-order valence-corrected chi connectivity index (χ1v) is 34.4. The van der Waals surface area contributed by atoms with E-state index in [2.05, 4.69) is 27.7 Å². The lowest BCUT2D eigenvalue weighted by molar-refractivity contribution is -0.155. The summed E-state index contributed by atoms with van der Waals surface area (Å²) in [5.74, 6) is -3.09. The first-order chi connectivity index (χ1) is 40.4. The third kappa shape index (κ3) is 57.4. The molecule has 0 aliphatic rings. The van der Waals surface area contributed by atoms with Gasteiger partial charge in [0.1, 0.15) is 13.2 Å². The first-order valence-electron chi connectivity index (χ1n) is 34.4. The van der Waals surface area contributed by atoms with Crippen LogP contribution in [0.25, 0.3) is 0 Å². The highest BCUT2D eigenvalue weighted by Gasteiger charge is 2.23. The van der Waals surface area contributed by atoms with Gasteiger partial charge in [-0.05, 0) is 46.2 Å². The number of hydrogen-bond acceptors (Lipinski definition) is 14. The highest BCUT2D eigenvalue weighted by molar-refractivity contribution is 5.72. The van der Waals surface area contributed by atoms with Crippen LogP contribution >= 0.6 is 0 Å². The number of nitrogens with zero attached hydrogens (tertiary/aromatic N) is 2. The zero-order valence-electron chi connectivity index (χ0n) is 54.5. The van der Waals surface area contributed by atoms with Crippen LogP contribution in [-0.2, 0) is 57.1 Å². The van der Waals surface area contributed by atoms with Crippen LogP contribution in [-0.4, -0.2) is 132 Å². The Morgan fingerprint density at radius 2 is 0.590 bits per heavy atom. The minimum Gasteiger partial charge on any atom is -0.465 e. The Bertz CT molecular complexity index is 1480. The van der Waals surface area contributed by atoms with Crippen molar-refractivity contribution < 1.29 is 61.9 Å². The van der Waals surface area contributed by atoms with E-state index in [4.69, 9.17) is 33.2 Å². The fourth-order valence-corrected chi connectivity index (χ4v) is 9.92. The maximum Gasteiger partial charge on any atom is 0.409 e. The molecule has 1 unspecified atom stereocenters. The SMILES string of the molecule is CCCCCCCCCCCCOCC(COC(=O)CCCCCCCCCCC)CC(=O)OCCN(CCOC(=O)CC(COC(=O)CCCCCCCCCCC)COC(=O)CCCCCCCCCCC)C(=O)OCCCN(C)C. The van der Waals surface area contributed by atoms with E-state index >= 15 is 0 Å². The summed E-state index contributed by atoms with van der Waals surface area (Å²) < 4.78 is 39.9. The minimum atomic E-state index is -0.636. The lowest BCUT2D eigenvalue weighted by Crippen LogP contribution is -2.38. The van der Waals surface area contributed by atoms with Crippen molar-refractivity contribution in [2.45, 2.75) is 304 Å². The highest BCUT2D eigenvalue weighted by Crippen LogP contribution is 2.17. The van der Waals surface area contributed by atoms with E-state index in [0.29, 0.717) is 26.0 Å². The second kappa shape index (κ2) is 61.6. The molecule has 0 aliphatic heterocycles. The van der Waals surface area contributed by atoms with E-state index in [0.717, 1.165) is 83.5 Å². The van der Waals surface area contributed by atoms with Crippen molar-refractivity contribution in [2.75, 3.05) is 86.6 Å². The standard InChI is InChI=1S/C68H128N2O13/c1-7-11-15-19-23-27-31-35-39-43-51-77-57-61(58-81-63(71)45-40-36-32-28-24-20-16-12-8-2)55-66(74)78-53-49-70(68(76)80-52-44-48-69(5)6)50-54-79-67(75)56-62(59-82-64(72)46-41-37-33-29-25-21-17-13-9-3)60-83-65(73)47-42-38-34-30-26-22-18-14-10-4/h61-62H,7-60H2,1-6H3. The molecule has 0 aliphatic carbocycles. The number of rotatable bonds is 63. The molecule has 0 radical (unpaired) electrons. The molecule has 0 fully saturated rings. The molecule has 488 valence electrons. The summed E-state index contributed by atoms with van der Waals surface area (Å²) in [6, 6.07) is 0. The second-order valence-electron chi connectivity index (χ2n) is 23.9. The number of hydrogen-bond donors (Lipinski definition) is 0. The zero-order chi connectivity index (χ0) is 60.9. The molecule has 0 saturated heterocycles. The summed E-state index contributed by atoms with van der Waals surface area (Å²) in [6.07, 6.45) is 43.6. The zero-order valence-corrected chi connectivity index (χ0v) is 54.5. The molecule has 0 aromatic rings. The quantitative estimate of drug-likeness (QED) is 0.0320. The molecule has 0 rings (SSSR count). The Balaban J connectivity index is 5.53. The van der Waals surface area contributed by atoms with E-state index in [1.54, 1.807) is 0 Å². The molecule has 15 nitrogen and oxygen atoms in total. The van der Waals surface area contributed by atoms with Crippen LogP contribution in [0.3, 0.4) is 0 Å². The summed E-state index contributed by atoms with van der Waals surface area (Å²) in [5.41, 5.74) is 0. The summed E-state index contributed by atoms with van der Waals surface area (Å²) >= 11 is 0. The van der Waals surface area contributed by atoms with Crippen LogP contribution in [0.15, 0.2) is 0 Å². The van der Waals surface area contributed by atoms with Gasteiger partial charge in [0.25, 0.3) is 0 Å². The van der Waals surface area contributed by atoms with E-state index in [1.807, 2.05) is 19.0 Å². The van der Waals surface area contributed by atoms with Gasteiger partial charge < -0.3 is 43.0 Å². The molecule has 15 heteroatoms. The van der Waals surface area contributed by atoms with Crippen molar-refractivity contribution in [3.05, 3.63) is 0 Å². The molecule has 0 spiro atoms. The molecular weight excluding hydrogens is 1050 g/mol. The molecule has 83 heavy (non-hydrogen) atoms. The van der Waals surface area contributed by atoms with Gasteiger partial charge in [0.05, 0.1) is 59.0 Å². The molecule has 0 N–H and O–H groups in total. The van der Waals surface area contributed by atoms with Crippen molar-refractivity contribution in [1.82, 2.24) is 9.80 Å². The van der Waals surface area contributed by atoms with Crippen molar-refractivity contribution >= 4 is 35.9 Å². The minimum absolute atomic E-state index is 0.0180. The molecule has 0 aromatic carbocycles. The number of amides is 1. The number of carbonyl (C=O) groups excluding carboxylic acids is 6. The number of esters is 5. The third-order valence-corrected chi connectivity index (χ3v) is 15.3. The van der Waals surface area contributed by atoms with Crippen LogP contribution < -0.4 is 0 Å². The van der Waals surface area contributed by atoms with Gasteiger partial charge in [0.15, 0.2) is 0 Å². The van der Waals surface area contributed by atoms with Crippen molar-refractivity contribution in [2.24, 2.45) is 11.8 Å². The van der Waals surface area contributed by atoms with Crippen LogP contribution in [0, 0.1) is 11.8 Å². The molecule has 1 amide bonds. The molecule has 0 saturated carbocycles. The van der Waals surface area contributed by atoms with E-state index < -0.39 is 29.9 Å². The summed E-state index contributed by atoms with van der Waals surface area (Å²) in [7, 11) is 3.87. The largest absolute Gasteiger partial charge is 0.465 e. The maximum atomic E-state index is 13.4. The van der Waals surface area contributed by atoms with Crippen LogP contribution in [0.1, 0.15) is 304 Å². The van der Waals surface area contributed by atoms with Gasteiger partial charge in [-0.15, -0.1) is 0 Å². The lowest BCUT2D eigenvalue weighted by Gasteiger charge is -2.23. The van der Waals surface area contributed by atoms with Crippen molar-refractivity contribution in [1.29, 1.82) is 0 Å². The smallest absolute Gasteiger partial charge is 0.409 e. The van der Waals surface area contributed by atoms with E-state index in [9.17, 15) is 28.8 Å². The Morgan fingerprint density at radius 1 is 0.289 bits per heavy atom. The maximum absolute atomic E-state index is 13.4. The Kier molecular flexibility index (Phi) is 59.1. The number of unbranched alkanes of at least 4 members (excludes halogenated alkanes) is 33. The van der Waals surface area contributed by atoms with Gasteiger partial charge in [-0.3, -0.25) is 24.0 Å². The fraction of sp³-hybridized carbons (Fsp3) is 0.912. The Hall–Kier alpha value is -3.46. The van der Waals surface area contributed by atoms with Crippen molar-refractivity contribution in [3.8, 4) is 0 Å². The molecule has 1 atom stereocenters. The fourth-order valence-electron chi connectivity index (χ4n) is 9.92. The Morgan fingerprint density at radius 3 is 0.916 bits per heavy atom. The second-order valence-corrected chi connectivity index (χ2v) is 23.9. The van der Waals surface area contributed by atoms with Gasteiger partial charge in [-0.25, -0.2) is 4.79 Å². The molecule has 0 heterocycles. The average molecular weight is 1180 g/mol. The topological polar surface area (TPSA) is 174 Å². The van der Waals surface area contributed by atoms with E-state index in [1.165, 1.54) is 159 Å². The average Bonchev–Trinajstić information content (AvgIpc) is 3.47. The normalized spacial score (nSPS) is 11.7. The van der Waals surface area contributed by atoms with Gasteiger partial charge in [-0.1, -0.05) is 240 Å². The third-order valence-electron chi connectivity index (χ3n) is 15.3. The predicted molar refractivity (Wildman–Crippen MR) is 335 cm³/mol. The Labute approximate surface area is 507 Å². The first kappa shape index (κ1) is 79.5. The van der Waals surface area contributed by atoms with Crippen LogP contribution in [0.2, 0.25) is 0 Å². The van der Waals surface area contributed by atoms with Gasteiger partial charge in [0.2, 0.25) is 0 Å². The molecular formula is C68H128N2O13. The summed E-state index contributed by atoms with van der Waals surface area (Å²) in [5, 5.41) is 0. The number of ether oxygens (including phenoxy) is 7. The van der Waals surface area contributed by atoms with Gasteiger partial charge in [0, 0.05) is 44.2 Å². The monoisotopic (exact) mass is 1180 g/mol. The van der Waals surface area contributed by atoms with Crippen molar-refractivity contribution in [3.63, 3.8) is 0 Å². The van der Waals surface area contributed by atoms with Crippen LogP contribution in [0.5, 0.6) is 0 Å².